The van der Waals surface area contributed by atoms with Crippen LogP contribution in [0.3, 0.4) is 0 Å². The maximum atomic E-state index is 5.86. The highest BCUT2D eigenvalue weighted by atomic mass is 15.2. The topological polar surface area (TPSA) is 56.7 Å². The maximum absolute atomic E-state index is 5.86. The van der Waals surface area contributed by atoms with E-state index in [1.807, 2.05) is 35.9 Å². The van der Waals surface area contributed by atoms with Crippen molar-refractivity contribution in [2.45, 2.75) is 12.8 Å². The molecule has 0 spiro atoms. The molecule has 4 nitrogen and oxygen atoms in total. The summed E-state index contributed by atoms with van der Waals surface area (Å²) in [5.41, 5.74) is 7.87. The normalized spacial score (nSPS) is 10.5. The zero-order valence-electron chi connectivity index (χ0n) is 8.72. The van der Waals surface area contributed by atoms with Gasteiger partial charge in [0.1, 0.15) is 12.2 Å². The van der Waals surface area contributed by atoms with E-state index in [4.69, 9.17) is 5.73 Å². The number of para-hydroxylation sites is 1. The molecule has 0 bridgehead atoms. The fraction of sp³-hybridized carbons (Fsp3) is 0.273. The smallest absolute Gasteiger partial charge is 0.132 e. The minimum Gasteiger partial charge on any atom is -0.399 e. The molecular formula is C11H14N4. The van der Waals surface area contributed by atoms with Crippen LogP contribution in [0.5, 0.6) is 0 Å². The molecule has 0 unspecified atom stereocenters. The van der Waals surface area contributed by atoms with Gasteiger partial charge in [-0.15, -0.1) is 10.2 Å². The van der Waals surface area contributed by atoms with E-state index in [-0.39, 0.29) is 0 Å². The van der Waals surface area contributed by atoms with E-state index in [1.165, 1.54) is 5.56 Å². The lowest BCUT2D eigenvalue weighted by molar-refractivity contribution is 0.770. The second-order valence-electron chi connectivity index (χ2n) is 3.56. The van der Waals surface area contributed by atoms with Gasteiger partial charge in [0, 0.05) is 19.2 Å². The van der Waals surface area contributed by atoms with E-state index < -0.39 is 0 Å². The van der Waals surface area contributed by atoms with Crippen LogP contribution in [-0.4, -0.2) is 14.8 Å². The molecule has 1 heterocycles. The quantitative estimate of drug-likeness (QED) is 0.760. The summed E-state index contributed by atoms with van der Waals surface area (Å²) in [4.78, 5) is 0. The lowest BCUT2D eigenvalue weighted by Gasteiger charge is -2.04. The molecule has 1 aromatic heterocycles. The van der Waals surface area contributed by atoms with E-state index >= 15 is 0 Å². The molecule has 2 aromatic rings. The standard InChI is InChI=1S/C11H14N4/c1-15-8-13-14-11(15)7-6-9-4-2-3-5-10(9)12/h2-5,8H,6-7,12H2,1H3. The second-order valence-corrected chi connectivity index (χ2v) is 3.56. The molecule has 0 aliphatic heterocycles. The first-order chi connectivity index (χ1) is 7.27. The molecule has 1 aromatic carbocycles. The molecule has 0 amide bonds. The van der Waals surface area contributed by atoms with Gasteiger partial charge in [-0.05, 0) is 18.1 Å². The Labute approximate surface area is 88.8 Å². The van der Waals surface area contributed by atoms with Gasteiger partial charge in [0.2, 0.25) is 0 Å². The Kier molecular flexibility index (Phi) is 2.67. The molecule has 78 valence electrons. The highest BCUT2D eigenvalue weighted by molar-refractivity contribution is 5.46. The van der Waals surface area contributed by atoms with Gasteiger partial charge in [-0.1, -0.05) is 18.2 Å². The van der Waals surface area contributed by atoms with Crippen LogP contribution in [0.25, 0.3) is 0 Å². The molecular weight excluding hydrogens is 188 g/mol. The van der Waals surface area contributed by atoms with E-state index in [9.17, 15) is 0 Å². The van der Waals surface area contributed by atoms with Gasteiger partial charge in [-0.3, -0.25) is 0 Å². The minimum atomic E-state index is 0.847. The molecule has 2 rings (SSSR count). The van der Waals surface area contributed by atoms with Crippen molar-refractivity contribution in [3.63, 3.8) is 0 Å². The number of nitrogens with zero attached hydrogens (tertiary/aromatic N) is 3. The summed E-state index contributed by atoms with van der Waals surface area (Å²) >= 11 is 0. The Morgan fingerprint density at radius 3 is 2.73 bits per heavy atom. The Balaban J connectivity index is 2.06. The van der Waals surface area contributed by atoms with Gasteiger partial charge in [0.15, 0.2) is 0 Å². The van der Waals surface area contributed by atoms with Crippen molar-refractivity contribution in [3.8, 4) is 0 Å². The van der Waals surface area contributed by atoms with Crippen LogP contribution in [-0.2, 0) is 19.9 Å². The van der Waals surface area contributed by atoms with Gasteiger partial charge in [-0.2, -0.15) is 0 Å². The number of aromatic nitrogens is 3. The van der Waals surface area contributed by atoms with Crippen LogP contribution >= 0.6 is 0 Å². The summed E-state index contributed by atoms with van der Waals surface area (Å²) < 4.78 is 1.93. The van der Waals surface area contributed by atoms with Crippen molar-refractivity contribution in [3.05, 3.63) is 42.0 Å². The Morgan fingerprint density at radius 1 is 1.27 bits per heavy atom. The largest absolute Gasteiger partial charge is 0.399 e. The number of aryl methyl sites for hydroxylation is 3. The third kappa shape index (κ3) is 2.15. The van der Waals surface area contributed by atoms with Crippen molar-refractivity contribution >= 4 is 5.69 Å². The highest BCUT2D eigenvalue weighted by Gasteiger charge is 2.03. The monoisotopic (exact) mass is 202 g/mol. The number of benzene rings is 1. The fourth-order valence-corrected chi connectivity index (χ4v) is 1.54. The summed E-state index contributed by atoms with van der Waals surface area (Å²) in [5, 5.41) is 7.87. The van der Waals surface area contributed by atoms with Crippen LogP contribution in [0.4, 0.5) is 5.69 Å². The molecule has 0 aliphatic carbocycles. The van der Waals surface area contributed by atoms with Crippen molar-refractivity contribution in [1.82, 2.24) is 14.8 Å². The first-order valence-corrected chi connectivity index (χ1v) is 4.93. The Morgan fingerprint density at radius 2 is 2.07 bits per heavy atom. The third-order valence-electron chi connectivity index (χ3n) is 2.48. The highest BCUT2D eigenvalue weighted by Crippen LogP contribution is 2.12. The SMILES string of the molecule is Cn1cnnc1CCc1ccccc1N. The van der Waals surface area contributed by atoms with E-state index in [2.05, 4.69) is 10.2 Å². The second kappa shape index (κ2) is 4.13. The Hall–Kier alpha value is -1.84. The molecule has 0 saturated heterocycles. The molecule has 0 fully saturated rings. The van der Waals surface area contributed by atoms with Crippen LogP contribution < -0.4 is 5.73 Å². The molecule has 0 saturated carbocycles. The van der Waals surface area contributed by atoms with Crippen LogP contribution in [0.15, 0.2) is 30.6 Å². The van der Waals surface area contributed by atoms with Gasteiger partial charge in [0.05, 0.1) is 0 Å². The van der Waals surface area contributed by atoms with Gasteiger partial charge in [-0.25, -0.2) is 0 Å². The maximum Gasteiger partial charge on any atom is 0.132 e. The average Bonchev–Trinajstić information content (AvgIpc) is 2.63. The predicted octanol–water partition coefficient (Wildman–Crippen LogP) is 1.18. The van der Waals surface area contributed by atoms with Crippen molar-refractivity contribution in [2.75, 3.05) is 5.73 Å². The zero-order chi connectivity index (χ0) is 10.7. The van der Waals surface area contributed by atoms with Crippen LogP contribution in [0, 0.1) is 0 Å². The summed E-state index contributed by atoms with van der Waals surface area (Å²) in [7, 11) is 1.95. The molecule has 0 radical (unpaired) electrons. The number of rotatable bonds is 3. The van der Waals surface area contributed by atoms with Gasteiger partial charge >= 0.3 is 0 Å². The Bertz CT molecular complexity index is 447. The minimum absolute atomic E-state index is 0.847. The first kappa shape index (κ1) is 9.71. The molecule has 0 aliphatic rings. The number of nitrogen functional groups attached to an aromatic ring is 1. The fourth-order valence-electron chi connectivity index (χ4n) is 1.54. The zero-order valence-corrected chi connectivity index (χ0v) is 8.72. The predicted molar refractivity (Wildman–Crippen MR) is 59.3 cm³/mol. The van der Waals surface area contributed by atoms with Gasteiger partial charge in [0.25, 0.3) is 0 Å². The van der Waals surface area contributed by atoms with Crippen LogP contribution in [0.2, 0.25) is 0 Å². The number of nitrogens with two attached hydrogens (primary N) is 1. The number of hydrogen-bond donors (Lipinski definition) is 1. The summed E-state index contributed by atoms with van der Waals surface area (Å²) in [5.74, 6) is 0.984. The molecule has 0 atom stereocenters. The van der Waals surface area contributed by atoms with Crippen LogP contribution in [0.1, 0.15) is 11.4 Å². The third-order valence-corrected chi connectivity index (χ3v) is 2.48. The summed E-state index contributed by atoms with van der Waals surface area (Å²) in [6, 6.07) is 7.92. The number of anilines is 1. The molecule has 2 N–H and O–H groups in total. The first-order valence-electron chi connectivity index (χ1n) is 4.93. The lowest BCUT2D eigenvalue weighted by Crippen LogP contribution is -2.01. The van der Waals surface area contributed by atoms with Gasteiger partial charge < -0.3 is 10.3 Å². The molecule has 15 heavy (non-hydrogen) atoms. The van der Waals surface area contributed by atoms with Crippen molar-refractivity contribution in [1.29, 1.82) is 0 Å². The summed E-state index contributed by atoms with van der Waals surface area (Å²) in [6.07, 6.45) is 3.48. The lowest BCUT2D eigenvalue weighted by atomic mass is 10.1. The average molecular weight is 202 g/mol. The van der Waals surface area contributed by atoms with E-state index in [1.54, 1.807) is 6.33 Å². The molecule has 4 heteroatoms. The number of hydrogen-bond acceptors (Lipinski definition) is 3. The summed E-state index contributed by atoms with van der Waals surface area (Å²) in [6.45, 7) is 0. The van der Waals surface area contributed by atoms with Crippen molar-refractivity contribution in [2.24, 2.45) is 7.05 Å². The van der Waals surface area contributed by atoms with Crippen molar-refractivity contribution < 1.29 is 0 Å². The van der Waals surface area contributed by atoms with E-state index in [0.717, 1.165) is 24.4 Å². The van der Waals surface area contributed by atoms with E-state index in [0.29, 0.717) is 0 Å².